The van der Waals surface area contributed by atoms with Gasteiger partial charge in [-0.2, -0.15) is 13.2 Å². The summed E-state index contributed by atoms with van der Waals surface area (Å²) in [5.41, 5.74) is -0.0578. The zero-order valence-electron chi connectivity index (χ0n) is 15.2. The molecule has 0 aliphatic carbocycles. The number of hydrogen-bond acceptors (Lipinski definition) is 4. The maximum Gasteiger partial charge on any atom is 0.416 e. The molecule has 1 N–H and O–H groups in total. The van der Waals surface area contributed by atoms with Crippen molar-refractivity contribution in [3.63, 3.8) is 0 Å². The first-order chi connectivity index (χ1) is 13.3. The number of para-hydroxylation sites is 2. The van der Waals surface area contributed by atoms with Crippen molar-refractivity contribution in [2.24, 2.45) is 0 Å². The highest BCUT2D eigenvalue weighted by atomic mass is 19.4. The predicted octanol–water partition coefficient (Wildman–Crippen LogP) is 3.13. The molecule has 1 heterocycles. The molecule has 0 spiro atoms. The number of phenolic OH excluding ortho intramolecular Hbond substituents is 1. The highest BCUT2D eigenvalue weighted by Crippen LogP contribution is 2.30. The number of hydrogen-bond donors (Lipinski definition) is 1. The topological polar surface area (TPSA) is 53.0 Å². The van der Waals surface area contributed by atoms with Gasteiger partial charge in [0.25, 0.3) is 5.91 Å². The van der Waals surface area contributed by atoms with Crippen LogP contribution in [0.2, 0.25) is 0 Å². The Bertz CT molecular complexity index is 818. The number of piperazine rings is 1. The fraction of sp³-hybridized carbons (Fsp3) is 0.350. The van der Waals surface area contributed by atoms with Gasteiger partial charge in [-0.3, -0.25) is 9.69 Å². The number of alkyl halides is 3. The molecule has 2 aromatic carbocycles. The summed E-state index contributed by atoms with van der Waals surface area (Å²) in [4.78, 5) is 16.0. The Labute approximate surface area is 160 Å². The van der Waals surface area contributed by atoms with Gasteiger partial charge in [-0.25, -0.2) is 0 Å². The van der Waals surface area contributed by atoms with Crippen molar-refractivity contribution < 1.29 is 27.8 Å². The molecule has 0 aromatic heterocycles. The molecule has 0 bridgehead atoms. The number of carbonyl (C=O) groups is 1. The summed E-state index contributed by atoms with van der Waals surface area (Å²) in [6.07, 6.45) is -4.35. The Morgan fingerprint density at radius 3 is 2.43 bits per heavy atom. The molecule has 1 amide bonds. The number of carbonyl (C=O) groups excluding carboxylic acids is 1. The molecular formula is C20H21F3N2O3. The van der Waals surface area contributed by atoms with Crippen LogP contribution in [0, 0.1) is 0 Å². The Balaban J connectivity index is 1.48. The molecule has 3 rings (SSSR count). The first kappa shape index (κ1) is 20.0. The second-order valence-electron chi connectivity index (χ2n) is 6.61. The largest absolute Gasteiger partial charge is 0.504 e. The number of nitrogens with zero attached hydrogens (tertiary/aromatic N) is 2. The summed E-state index contributed by atoms with van der Waals surface area (Å²) in [6.45, 7) is 2.31. The van der Waals surface area contributed by atoms with Crippen LogP contribution < -0.4 is 4.74 Å². The third kappa shape index (κ3) is 5.16. The molecule has 0 atom stereocenters. The number of halogens is 3. The van der Waals surface area contributed by atoms with E-state index in [0.717, 1.165) is 12.1 Å². The minimum atomic E-state index is -4.35. The Hall–Kier alpha value is -2.74. The zero-order chi connectivity index (χ0) is 20.1. The monoisotopic (exact) mass is 394 g/mol. The Morgan fingerprint density at radius 1 is 1.04 bits per heavy atom. The summed E-state index contributed by atoms with van der Waals surface area (Å²) in [6, 6.07) is 11.7. The molecule has 8 heteroatoms. The van der Waals surface area contributed by atoms with Crippen molar-refractivity contribution in [3.05, 3.63) is 59.7 Å². The lowest BCUT2D eigenvalue weighted by atomic mass is 10.1. The molecule has 0 saturated carbocycles. The highest BCUT2D eigenvalue weighted by Gasteiger charge is 2.30. The summed E-state index contributed by atoms with van der Waals surface area (Å²) in [7, 11) is 0. The summed E-state index contributed by atoms with van der Waals surface area (Å²) >= 11 is 0. The minimum Gasteiger partial charge on any atom is -0.504 e. The van der Waals surface area contributed by atoms with Gasteiger partial charge in [-0.05, 0) is 23.8 Å². The van der Waals surface area contributed by atoms with Gasteiger partial charge < -0.3 is 14.7 Å². The lowest BCUT2D eigenvalue weighted by Crippen LogP contribution is -2.49. The van der Waals surface area contributed by atoms with E-state index < -0.39 is 11.7 Å². The Kier molecular flexibility index (Phi) is 6.08. The van der Waals surface area contributed by atoms with Gasteiger partial charge >= 0.3 is 6.18 Å². The van der Waals surface area contributed by atoms with Crippen LogP contribution >= 0.6 is 0 Å². The van der Waals surface area contributed by atoms with E-state index in [9.17, 15) is 23.1 Å². The van der Waals surface area contributed by atoms with Gasteiger partial charge in [0.2, 0.25) is 0 Å². The molecule has 0 radical (unpaired) electrons. The van der Waals surface area contributed by atoms with Gasteiger partial charge in [0.1, 0.15) is 0 Å². The molecule has 1 fully saturated rings. The third-order valence-corrected chi connectivity index (χ3v) is 4.60. The van der Waals surface area contributed by atoms with E-state index in [1.807, 2.05) is 4.90 Å². The van der Waals surface area contributed by atoms with Crippen molar-refractivity contribution >= 4 is 5.91 Å². The number of phenols is 1. The molecule has 0 unspecified atom stereocenters. The quantitative estimate of drug-likeness (QED) is 0.847. The van der Waals surface area contributed by atoms with Gasteiger partial charge in [-0.1, -0.05) is 30.3 Å². The van der Waals surface area contributed by atoms with Crippen LogP contribution in [-0.4, -0.2) is 53.6 Å². The molecule has 5 nitrogen and oxygen atoms in total. The van der Waals surface area contributed by atoms with E-state index in [1.165, 1.54) is 12.1 Å². The lowest BCUT2D eigenvalue weighted by Gasteiger charge is -2.34. The van der Waals surface area contributed by atoms with E-state index in [4.69, 9.17) is 4.74 Å². The van der Waals surface area contributed by atoms with Gasteiger partial charge in [-0.15, -0.1) is 0 Å². The van der Waals surface area contributed by atoms with Crippen molar-refractivity contribution in [1.82, 2.24) is 9.80 Å². The second-order valence-corrected chi connectivity index (χ2v) is 6.61. The summed E-state index contributed by atoms with van der Waals surface area (Å²) in [5, 5.41) is 9.65. The van der Waals surface area contributed by atoms with Crippen LogP contribution in [0.4, 0.5) is 13.2 Å². The van der Waals surface area contributed by atoms with Gasteiger partial charge in [0.15, 0.2) is 18.1 Å². The van der Waals surface area contributed by atoms with Gasteiger partial charge in [0, 0.05) is 32.7 Å². The normalized spacial score (nSPS) is 15.5. The van der Waals surface area contributed by atoms with E-state index in [1.54, 1.807) is 29.2 Å². The number of amides is 1. The van der Waals surface area contributed by atoms with E-state index in [2.05, 4.69) is 0 Å². The van der Waals surface area contributed by atoms with Crippen LogP contribution in [-0.2, 0) is 17.5 Å². The lowest BCUT2D eigenvalue weighted by molar-refractivity contribution is -0.138. The fourth-order valence-corrected chi connectivity index (χ4v) is 3.07. The highest BCUT2D eigenvalue weighted by molar-refractivity contribution is 5.78. The molecule has 1 saturated heterocycles. The number of ether oxygens (including phenoxy) is 1. The van der Waals surface area contributed by atoms with Crippen molar-refractivity contribution in [2.75, 3.05) is 32.8 Å². The summed E-state index contributed by atoms with van der Waals surface area (Å²) < 4.78 is 43.8. The van der Waals surface area contributed by atoms with E-state index >= 15 is 0 Å². The van der Waals surface area contributed by atoms with E-state index in [0.29, 0.717) is 38.3 Å². The maximum atomic E-state index is 12.8. The average molecular weight is 394 g/mol. The average Bonchev–Trinajstić information content (AvgIpc) is 2.67. The maximum absolute atomic E-state index is 12.8. The number of benzene rings is 2. The van der Waals surface area contributed by atoms with Crippen LogP contribution in [0.15, 0.2) is 48.5 Å². The smallest absolute Gasteiger partial charge is 0.416 e. The van der Waals surface area contributed by atoms with Crippen LogP contribution in [0.3, 0.4) is 0 Å². The molecule has 2 aromatic rings. The van der Waals surface area contributed by atoms with E-state index in [-0.39, 0.29) is 24.0 Å². The Morgan fingerprint density at radius 2 is 1.75 bits per heavy atom. The van der Waals surface area contributed by atoms with Crippen molar-refractivity contribution in [1.29, 1.82) is 0 Å². The van der Waals surface area contributed by atoms with Crippen LogP contribution in [0.1, 0.15) is 11.1 Å². The first-order valence-electron chi connectivity index (χ1n) is 8.90. The number of rotatable bonds is 5. The molecular weight excluding hydrogens is 373 g/mol. The molecule has 150 valence electrons. The van der Waals surface area contributed by atoms with Crippen LogP contribution in [0.5, 0.6) is 11.5 Å². The minimum absolute atomic E-state index is 0.0267. The molecule has 1 aliphatic rings. The SMILES string of the molecule is O=C(COc1ccccc1O)N1CCN(Cc2cccc(C(F)(F)F)c2)CC1. The second kappa shape index (κ2) is 8.52. The third-order valence-electron chi connectivity index (χ3n) is 4.60. The van der Waals surface area contributed by atoms with Crippen LogP contribution in [0.25, 0.3) is 0 Å². The van der Waals surface area contributed by atoms with Crippen molar-refractivity contribution in [3.8, 4) is 11.5 Å². The van der Waals surface area contributed by atoms with Gasteiger partial charge in [0.05, 0.1) is 5.56 Å². The molecule has 28 heavy (non-hydrogen) atoms. The molecule has 1 aliphatic heterocycles. The zero-order valence-corrected chi connectivity index (χ0v) is 15.2. The predicted molar refractivity (Wildman–Crippen MR) is 96.9 cm³/mol. The summed E-state index contributed by atoms with van der Waals surface area (Å²) in [5.74, 6) is 0.0298. The van der Waals surface area contributed by atoms with Crippen molar-refractivity contribution in [2.45, 2.75) is 12.7 Å². The fourth-order valence-electron chi connectivity index (χ4n) is 3.07. The number of aromatic hydroxyl groups is 1. The standard InChI is InChI=1S/C20H21F3N2O3/c21-20(22,23)16-5-3-4-15(12-16)13-24-8-10-25(11-9-24)19(27)14-28-18-7-2-1-6-17(18)26/h1-7,12,26H,8-11,13-14H2. The first-order valence-corrected chi connectivity index (χ1v) is 8.90.